The lowest BCUT2D eigenvalue weighted by Gasteiger charge is -2.29. The molecule has 0 aliphatic heterocycles. The number of halogens is 2. The van der Waals surface area contributed by atoms with Crippen LogP contribution in [0.3, 0.4) is 0 Å². The van der Waals surface area contributed by atoms with Crippen LogP contribution in [-0.4, -0.2) is 29.3 Å². The molecule has 0 unspecified atom stereocenters. The number of nitrogens with zero attached hydrogens (tertiary/aromatic N) is 1. The zero-order chi connectivity index (χ0) is 20.5. The average Bonchev–Trinajstić information content (AvgIpc) is 2.70. The van der Waals surface area contributed by atoms with Gasteiger partial charge in [-0.1, -0.05) is 66.5 Å². The Morgan fingerprint density at radius 2 is 1.57 bits per heavy atom. The number of amides is 2. The summed E-state index contributed by atoms with van der Waals surface area (Å²) in [6.07, 6.45) is 1.61. The first-order chi connectivity index (χ1) is 13.4. The van der Waals surface area contributed by atoms with E-state index in [1.165, 1.54) is 0 Å². The number of carbonyl (C=O) groups is 2. The van der Waals surface area contributed by atoms with Crippen molar-refractivity contribution >= 4 is 35.0 Å². The first kappa shape index (κ1) is 22.3. The van der Waals surface area contributed by atoms with Crippen molar-refractivity contribution in [1.82, 2.24) is 10.2 Å². The molecule has 150 valence electrons. The Bertz CT molecular complexity index is 811. The molecule has 2 amide bonds. The van der Waals surface area contributed by atoms with Gasteiger partial charge in [0.2, 0.25) is 11.8 Å². The van der Waals surface area contributed by atoms with Crippen molar-refractivity contribution in [2.45, 2.75) is 45.7 Å². The van der Waals surface area contributed by atoms with Gasteiger partial charge in [0.1, 0.15) is 6.04 Å². The van der Waals surface area contributed by atoms with Crippen molar-refractivity contribution < 1.29 is 9.59 Å². The van der Waals surface area contributed by atoms with Crippen LogP contribution in [0.25, 0.3) is 0 Å². The highest BCUT2D eigenvalue weighted by molar-refractivity contribution is 6.31. The average molecular weight is 421 g/mol. The fourth-order valence-electron chi connectivity index (χ4n) is 2.88. The normalized spacial score (nSPS) is 11.7. The Morgan fingerprint density at radius 3 is 2.14 bits per heavy atom. The summed E-state index contributed by atoms with van der Waals surface area (Å²) in [5, 5.41) is 4.08. The molecular formula is C22H26Cl2N2O2. The quantitative estimate of drug-likeness (QED) is 0.628. The molecule has 4 nitrogen and oxygen atoms in total. The highest BCUT2D eigenvalue weighted by Gasteiger charge is 2.26. The van der Waals surface area contributed by atoms with Crippen molar-refractivity contribution in [3.63, 3.8) is 0 Å². The molecule has 0 saturated heterocycles. The maximum atomic E-state index is 13.0. The van der Waals surface area contributed by atoms with Crippen LogP contribution in [0.15, 0.2) is 48.5 Å². The molecule has 0 radical (unpaired) electrons. The van der Waals surface area contributed by atoms with Gasteiger partial charge < -0.3 is 10.2 Å². The third-order valence-electron chi connectivity index (χ3n) is 4.58. The van der Waals surface area contributed by atoms with Gasteiger partial charge in [-0.15, -0.1) is 0 Å². The zero-order valence-corrected chi connectivity index (χ0v) is 17.8. The Labute approximate surface area is 176 Å². The Kier molecular flexibility index (Phi) is 8.81. The third-order valence-corrected chi connectivity index (χ3v) is 5.32. The van der Waals surface area contributed by atoms with Gasteiger partial charge in [0.05, 0.1) is 0 Å². The number of hydrogen-bond acceptors (Lipinski definition) is 2. The third kappa shape index (κ3) is 6.25. The lowest BCUT2D eigenvalue weighted by Crippen LogP contribution is -2.47. The molecule has 0 saturated carbocycles. The second-order valence-electron chi connectivity index (χ2n) is 6.67. The molecule has 0 heterocycles. The molecule has 0 aliphatic rings. The van der Waals surface area contributed by atoms with E-state index in [-0.39, 0.29) is 24.8 Å². The van der Waals surface area contributed by atoms with E-state index >= 15 is 0 Å². The highest BCUT2D eigenvalue weighted by Crippen LogP contribution is 2.21. The molecule has 0 bridgehead atoms. The second kappa shape index (κ2) is 11.1. The summed E-state index contributed by atoms with van der Waals surface area (Å²) in [5.74, 6) is -0.279. The van der Waals surface area contributed by atoms with Crippen LogP contribution >= 0.6 is 23.2 Å². The topological polar surface area (TPSA) is 49.4 Å². The molecule has 0 aromatic heterocycles. The second-order valence-corrected chi connectivity index (χ2v) is 7.49. The highest BCUT2D eigenvalue weighted by atomic mass is 35.5. The van der Waals surface area contributed by atoms with E-state index < -0.39 is 6.04 Å². The minimum atomic E-state index is -0.596. The van der Waals surface area contributed by atoms with Gasteiger partial charge >= 0.3 is 0 Å². The lowest BCUT2D eigenvalue weighted by atomic mass is 10.1. The zero-order valence-electron chi connectivity index (χ0n) is 16.3. The lowest BCUT2D eigenvalue weighted by molar-refractivity contribution is -0.140. The van der Waals surface area contributed by atoms with E-state index in [9.17, 15) is 9.59 Å². The predicted octanol–water partition coefficient (Wildman–Crippen LogP) is 4.87. The summed E-state index contributed by atoms with van der Waals surface area (Å²) >= 11 is 12.5. The summed E-state index contributed by atoms with van der Waals surface area (Å²) < 4.78 is 0. The molecular weight excluding hydrogens is 395 g/mol. The molecule has 6 heteroatoms. The molecule has 0 fully saturated rings. The largest absolute Gasteiger partial charge is 0.354 e. The monoisotopic (exact) mass is 420 g/mol. The van der Waals surface area contributed by atoms with Crippen molar-refractivity contribution in [2.75, 3.05) is 6.54 Å². The van der Waals surface area contributed by atoms with Gasteiger partial charge in [0.25, 0.3) is 0 Å². The Morgan fingerprint density at radius 1 is 1.00 bits per heavy atom. The maximum Gasteiger partial charge on any atom is 0.242 e. The minimum Gasteiger partial charge on any atom is -0.354 e. The summed E-state index contributed by atoms with van der Waals surface area (Å²) in [6.45, 7) is 4.59. The van der Waals surface area contributed by atoms with Crippen LogP contribution in [0.4, 0.5) is 0 Å². The van der Waals surface area contributed by atoms with Crippen molar-refractivity contribution in [1.29, 1.82) is 0 Å². The molecule has 2 aromatic carbocycles. The minimum absolute atomic E-state index is 0.112. The summed E-state index contributed by atoms with van der Waals surface area (Å²) in [6, 6.07) is 14.2. The first-order valence-corrected chi connectivity index (χ1v) is 10.2. The standard InChI is InChI=1S/C22H26Cl2N2O2/c1-3-14-25-22(28)16(2)26(15-18-9-5-7-11-20(18)24)21(27)13-12-17-8-4-6-10-19(17)23/h4-11,16H,3,12-15H2,1-2H3,(H,25,28)/t16-/m1/s1. The number of nitrogens with one attached hydrogen (secondary N) is 1. The van der Waals surface area contributed by atoms with Crippen LogP contribution < -0.4 is 5.32 Å². The van der Waals surface area contributed by atoms with Gasteiger partial charge in [-0.25, -0.2) is 0 Å². The summed E-state index contributed by atoms with van der Waals surface area (Å²) in [5.41, 5.74) is 1.73. The van der Waals surface area contributed by atoms with E-state index in [0.717, 1.165) is 17.5 Å². The molecule has 1 N–H and O–H groups in total. The van der Waals surface area contributed by atoms with E-state index in [0.29, 0.717) is 23.0 Å². The smallest absolute Gasteiger partial charge is 0.242 e. The maximum absolute atomic E-state index is 13.0. The fourth-order valence-corrected chi connectivity index (χ4v) is 3.30. The number of hydrogen-bond donors (Lipinski definition) is 1. The Balaban J connectivity index is 2.16. The number of aryl methyl sites for hydroxylation is 1. The fraction of sp³-hybridized carbons (Fsp3) is 0.364. The first-order valence-electron chi connectivity index (χ1n) is 9.48. The van der Waals surface area contributed by atoms with Crippen LogP contribution in [-0.2, 0) is 22.6 Å². The molecule has 1 atom stereocenters. The molecule has 0 aliphatic carbocycles. The van der Waals surface area contributed by atoms with Crippen molar-refractivity contribution in [2.24, 2.45) is 0 Å². The van der Waals surface area contributed by atoms with E-state index in [4.69, 9.17) is 23.2 Å². The molecule has 28 heavy (non-hydrogen) atoms. The van der Waals surface area contributed by atoms with Crippen molar-refractivity contribution in [3.05, 3.63) is 69.7 Å². The molecule has 2 rings (SSSR count). The number of rotatable bonds is 9. The van der Waals surface area contributed by atoms with Gasteiger partial charge in [-0.3, -0.25) is 9.59 Å². The van der Waals surface area contributed by atoms with Gasteiger partial charge in [0, 0.05) is 29.6 Å². The number of carbonyl (C=O) groups excluding carboxylic acids is 2. The van der Waals surface area contributed by atoms with Gasteiger partial charge in [-0.05, 0) is 43.0 Å². The van der Waals surface area contributed by atoms with E-state index in [1.807, 2.05) is 49.4 Å². The van der Waals surface area contributed by atoms with E-state index in [2.05, 4.69) is 5.32 Å². The summed E-state index contributed by atoms with van der Waals surface area (Å²) in [4.78, 5) is 27.1. The van der Waals surface area contributed by atoms with Gasteiger partial charge in [-0.2, -0.15) is 0 Å². The van der Waals surface area contributed by atoms with Crippen LogP contribution in [0.1, 0.15) is 37.8 Å². The summed E-state index contributed by atoms with van der Waals surface area (Å²) in [7, 11) is 0. The Hall–Kier alpha value is -2.04. The predicted molar refractivity (Wildman–Crippen MR) is 115 cm³/mol. The van der Waals surface area contributed by atoms with Crippen LogP contribution in [0, 0.1) is 0 Å². The number of benzene rings is 2. The van der Waals surface area contributed by atoms with Gasteiger partial charge in [0.15, 0.2) is 0 Å². The van der Waals surface area contributed by atoms with Crippen LogP contribution in [0.2, 0.25) is 10.0 Å². The SMILES string of the molecule is CCCNC(=O)[C@@H](C)N(Cc1ccccc1Cl)C(=O)CCc1ccccc1Cl. The molecule has 2 aromatic rings. The van der Waals surface area contributed by atoms with E-state index in [1.54, 1.807) is 17.9 Å². The van der Waals surface area contributed by atoms with Crippen LogP contribution in [0.5, 0.6) is 0 Å². The molecule has 0 spiro atoms. The van der Waals surface area contributed by atoms with Crippen molar-refractivity contribution in [3.8, 4) is 0 Å².